The number of nitrogens with zero attached hydrogens (tertiary/aromatic N) is 2. The SMILES string of the molecule is CC1(CNC(=O)c2cnc(NN)cn2)CCCS1. The fourth-order valence-corrected chi connectivity index (χ4v) is 3.10. The van der Waals surface area contributed by atoms with E-state index in [0.717, 1.165) is 6.42 Å². The highest BCUT2D eigenvalue weighted by Crippen LogP contribution is 2.36. The summed E-state index contributed by atoms with van der Waals surface area (Å²) in [5, 5.41) is 2.90. The minimum absolute atomic E-state index is 0.155. The number of carbonyl (C=O) groups excluding carboxylic acids is 1. The molecule has 0 radical (unpaired) electrons. The van der Waals surface area contributed by atoms with Crippen molar-refractivity contribution in [2.75, 3.05) is 17.7 Å². The second kappa shape index (κ2) is 5.53. The van der Waals surface area contributed by atoms with E-state index in [1.165, 1.54) is 24.6 Å². The number of anilines is 1. The molecule has 0 aromatic carbocycles. The predicted octanol–water partition coefficient (Wildman–Crippen LogP) is 0.778. The summed E-state index contributed by atoms with van der Waals surface area (Å²) < 4.78 is 0.155. The summed E-state index contributed by atoms with van der Waals surface area (Å²) in [4.78, 5) is 19.8. The molecular weight excluding hydrogens is 250 g/mol. The molecule has 1 aliphatic heterocycles. The first kappa shape index (κ1) is 13.1. The molecule has 2 heterocycles. The number of nitrogens with two attached hydrogens (primary N) is 1. The lowest BCUT2D eigenvalue weighted by Crippen LogP contribution is -2.37. The van der Waals surface area contributed by atoms with Crippen LogP contribution in [-0.2, 0) is 0 Å². The molecule has 2 rings (SSSR count). The molecule has 1 aliphatic rings. The molecule has 0 saturated carbocycles. The van der Waals surface area contributed by atoms with Crippen molar-refractivity contribution >= 4 is 23.5 Å². The van der Waals surface area contributed by atoms with Gasteiger partial charge < -0.3 is 10.7 Å². The molecular formula is C11H17N5OS. The molecule has 0 bridgehead atoms. The highest BCUT2D eigenvalue weighted by atomic mass is 32.2. The third kappa shape index (κ3) is 3.11. The third-order valence-corrected chi connectivity index (χ3v) is 4.49. The Morgan fingerprint density at radius 2 is 2.39 bits per heavy atom. The van der Waals surface area contributed by atoms with Crippen LogP contribution in [-0.4, -0.2) is 32.9 Å². The van der Waals surface area contributed by atoms with Crippen molar-refractivity contribution in [3.05, 3.63) is 18.1 Å². The van der Waals surface area contributed by atoms with Gasteiger partial charge in [-0.3, -0.25) is 4.79 Å². The quantitative estimate of drug-likeness (QED) is 0.551. The lowest BCUT2D eigenvalue weighted by atomic mass is 10.1. The van der Waals surface area contributed by atoms with Crippen molar-refractivity contribution in [3.8, 4) is 0 Å². The van der Waals surface area contributed by atoms with Gasteiger partial charge in [-0.2, -0.15) is 11.8 Å². The maximum atomic E-state index is 11.9. The molecule has 18 heavy (non-hydrogen) atoms. The number of hydrogen-bond acceptors (Lipinski definition) is 6. The predicted molar refractivity (Wildman–Crippen MR) is 72.3 cm³/mol. The second-order valence-corrected chi connectivity index (χ2v) is 6.20. The molecule has 4 N–H and O–H groups in total. The summed E-state index contributed by atoms with van der Waals surface area (Å²) in [5.41, 5.74) is 2.67. The Morgan fingerprint density at radius 3 is 2.94 bits per heavy atom. The molecule has 1 aromatic rings. The van der Waals surface area contributed by atoms with Crippen LogP contribution in [0.25, 0.3) is 0 Å². The second-order valence-electron chi connectivity index (χ2n) is 4.52. The lowest BCUT2D eigenvalue weighted by molar-refractivity contribution is 0.0944. The van der Waals surface area contributed by atoms with E-state index in [2.05, 4.69) is 27.6 Å². The van der Waals surface area contributed by atoms with Gasteiger partial charge in [0.15, 0.2) is 5.82 Å². The lowest BCUT2D eigenvalue weighted by Gasteiger charge is -2.22. The normalized spacial score (nSPS) is 22.8. The highest BCUT2D eigenvalue weighted by Gasteiger charge is 2.29. The largest absolute Gasteiger partial charge is 0.349 e. The van der Waals surface area contributed by atoms with E-state index in [-0.39, 0.29) is 10.7 Å². The number of amides is 1. The summed E-state index contributed by atoms with van der Waals surface area (Å²) in [6, 6.07) is 0. The van der Waals surface area contributed by atoms with E-state index in [1.807, 2.05) is 11.8 Å². The van der Waals surface area contributed by atoms with Crippen molar-refractivity contribution in [2.45, 2.75) is 24.5 Å². The summed E-state index contributed by atoms with van der Waals surface area (Å²) in [6.45, 7) is 2.84. The Balaban J connectivity index is 1.90. The van der Waals surface area contributed by atoms with Crippen LogP contribution in [0.2, 0.25) is 0 Å². The fraction of sp³-hybridized carbons (Fsp3) is 0.545. The van der Waals surface area contributed by atoms with Gasteiger partial charge in [0.1, 0.15) is 5.69 Å². The van der Waals surface area contributed by atoms with Gasteiger partial charge in [-0.05, 0) is 25.5 Å². The van der Waals surface area contributed by atoms with Gasteiger partial charge in [0, 0.05) is 11.3 Å². The van der Waals surface area contributed by atoms with Crippen molar-refractivity contribution < 1.29 is 4.79 Å². The van der Waals surface area contributed by atoms with Crippen molar-refractivity contribution in [2.24, 2.45) is 5.84 Å². The Bertz CT molecular complexity index is 416. The van der Waals surface area contributed by atoms with Gasteiger partial charge in [-0.25, -0.2) is 15.8 Å². The molecule has 1 amide bonds. The first-order chi connectivity index (χ1) is 8.63. The summed E-state index contributed by atoms with van der Waals surface area (Å²) in [5.74, 6) is 6.59. The van der Waals surface area contributed by atoms with E-state index >= 15 is 0 Å². The Kier molecular flexibility index (Phi) is 4.03. The average molecular weight is 267 g/mol. The van der Waals surface area contributed by atoms with Crippen LogP contribution in [0, 0.1) is 0 Å². The van der Waals surface area contributed by atoms with Crippen LogP contribution < -0.4 is 16.6 Å². The van der Waals surface area contributed by atoms with E-state index in [0.29, 0.717) is 18.1 Å². The van der Waals surface area contributed by atoms with Crippen molar-refractivity contribution in [1.29, 1.82) is 0 Å². The van der Waals surface area contributed by atoms with Crippen molar-refractivity contribution in [3.63, 3.8) is 0 Å². The van der Waals surface area contributed by atoms with E-state index in [9.17, 15) is 4.79 Å². The number of nitrogens with one attached hydrogen (secondary N) is 2. The summed E-state index contributed by atoms with van der Waals surface area (Å²) in [6.07, 6.45) is 5.20. The number of rotatable bonds is 4. The highest BCUT2D eigenvalue weighted by molar-refractivity contribution is 8.00. The van der Waals surface area contributed by atoms with Gasteiger partial charge in [-0.15, -0.1) is 0 Å². The molecule has 0 spiro atoms. The topological polar surface area (TPSA) is 92.9 Å². The van der Waals surface area contributed by atoms with Crippen LogP contribution in [0.5, 0.6) is 0 Å². The molecule has 6 nitrogen and oxygen atoms in total. The third-order valence-electron chi connectivity index (χ3n) is 2.96. The Morgan fingerprint density at radius 1 is 1.56 bits per heavy atom. The Hall–Kier alpha value is -1.34. The molecule has 1 fully saturated rings. The zero-order valence-corrected chi connectivity index (χ0v) is 11.1. The molecule has 1 saturated heterocycles. The van der Waals surface area contributed by atoms with Gasteiger partial charge in [0.2, 0.25) is 0 Å². The summed E-state index contributed by atoms with van der Waals surface area (Å²) in [7, 11) is 0. The minimum atomic E-state index is -0.195. The number of hydrogen-bond donors (Lipinski definition) is 3. The summed E-state index contributed by atoms with van der Waals surface area (Å²) >= 11 is 1.91. The van der Waals surface area contributed by atoms with Crippen LogP contribution in [0.15, 0.2) is 12.4 Å². The number of nitrogen functional groups attached to an aromatic ring is 1. The molecule has 0 aliphatic carbocycles. The van der Waals surface area contributed by atoms with Crippen LogP contribution in [0.1, 0.15) is 30.3 Å². The first-order valence-corrected chi connectivity index (χ1v) is 6.82. The van der Waals surface area contributed by atoms with Crippen LogP contribution in [0.4, 0.5) is 5.82 Å². The van der Waals surface area contributed by atoms with Gasteiger partial charge in [-0.1, -0.05) is 0 Å². The van der Waals surface area contributed by atoms with Crippen molar-refractivity contribution in [1.82, 2.24) is 15.3 Å². The monoisotopic (exact) mass is 267 g/mol. The number of aromatic nitrogens is 2. The van der Waals surface area contributed by atoms with E-state index < -0.39 is 0 Å². The first-order valence-electron chi connectivity index (χ1n) is 5.84. The molecule has 7 heteroatoms. The molecule has 1 aromatic heterocycles. The van der Waals surface area contributed by atoms with Gasteiger partial charge in [0.05, 0.1) is 12.4 Å². The average Bonchev–Trinajstić information content (AvgIpc) is 2.83. The number of hydrazine groups is 1. The van der Waals surface area contributed by atoms with E-state index in [1.54, 1.807) is 0 Å². The van der Waals surface area contributed by atoms with Gasteiger partial charge >= 0.3 is 0 Å². The van der Waals surface area contributed by atoms with E-state index in [4.69, 9.17) is 5.84 Å². The maximum Gasteiger partial charge on any atom is 0.271 e. The smallest absolute Gasteiger partial charge is 0.271 e. The minimum Gasteiger partial charge on any atom is -0.349 e. The Labute approximate surface area is 110 Å². The van der Waals surface area contributed by atoms with Crippen LogP contribution in [0.3, 0.4) is 0 Å². The van der Waals surface area contributed by atoms with Crippen LogP contribution >= 0.6 is 11.8 Å². The number of carbonyl (C=O) groups is 1. The van der Waals surface area contributed by atoms with Gasteiger partial charge in [0.25, 0.3) is 5.91 Å². The maximum absolute atomic E-state index is 11.9. The standard InChI is InChI=1S/C11H17N5OS/c1-11(3-2-4-18-11)7-15-10(17)8-5-14-9(16-12)6-13-8/h5-6H,2-4,7,12H2,1H3,(H,14,16)(H,15,17). The molecule has 1 unspecified atom stereocenters. The zero-order chi connectivity index (χ0) is 13.0. The zero-order valence-electron chi connectivity index (χ0n) is 10.3. The molecule has 98 valence electrons. The fourth-order valence-electron chi connectivity index (χ4n) is 1.85. The number of thioether (sulfide) groups is 1. The molecule has 1 atom stereocenters.